The second kappa shape index (κ2) is 6.21. The molecule has 8 heteroatoms. The summed E-state index contributed by atoms with van der Waals surface area (Å²) in [7, 11) is 0. The van der Waals surface area contributed by atoms with Gasteiger partial charge >= 0.3 is 6.18 Å². The molecule has 2 rings (SSSR count). The molecule has 1 saturated carbocycles. The van der Waals surface area contributed by atoms with Crippen molar-refractivity contribution in [1.82, 2.24) is 0 Å². The lowest BCUT2D eigenvalue weighted by molar-refractivity contribution is -0.384. The van der Waals surface area contributed by atoms with Gasteiger partial charge in [-0.25, -0.2) is 0 Å². The van der Waals surface area contributed by atoms with Gasteiger partial charge in [-0.05, 0) is 37.8 Å². The number of rotatable bonds is 3. The molecule has 1 aliphatic carbocycles. The van der Waals surface area contributed by atoms with E-state index in [-0.39, 0.29) is 24.6 Å². The Balaban J connectivity index is 2.03. The zero-order valence-electron chi connectivity index (χ0n) is 11.0. The van der Waals surface area contributed by atoms with Gasteiger partial charge in [0, 0.05) is 16.6 Å². The average Bonchev–Trinajstić information content (AvgIpc) is 2.40. The second-order valence-electron chi connectivity index (χ2n) is 5.15. The van der Waals surface area contributed by atoms with Crippen LogP contribution in [0.4, 0.5) is 24.5 Å². The maximum atomic E-state index is 12.6. The molecule has 21 heavy (non-hydrogen) atoms. The summed E-state index contributed by atoms with van der Waals surface area (Å²) in [6.45, 7) is 0. The molecule has 0 amide bonds. The fourth-order valence-electron chi connectivity index (χ4n) is 2.56. The average molecular weight is 367 g/mol. The number of anilines is 1. The number of halogens is 4. The van der Waals surface area contributed by atoms with Crippen LogP contribution in [0, 0.1) is 16.0 Å². The highest BCUT2D eigenvalue weighted by atomic mass is 79.9. The Hall–Kier alpha value is -1.31. The van der Waals surface area contributed by atoms with Gasteiger partial charge in [-0.3, -0.25) is 10.1 Å². The van der Waals surface area contributed by atoms with Crippen molar-refractivity contribution in [2.45, 2.75) is 37.9 Å². The van der Waals surface area contributed by atoms with Crippen molar-refractivity contribution >= 4 is 27.3 Å². The molecule has 0 aliphatic heterocycles. The van der Waals surface area contributed by atoms with Crippen molar-refractivity contribution < 1.29 is 18.1 Å². The SMILES string of the molecule is O=[N+]([O-])c1cc(Br)ccc1NC1CCC(C(F)(F)F)CC1. The van der Waals surface area contributed by atoms with Crippen LogP contribution in [0.5, 0.6) is 0 Å². The van der Waals surface area contributed by atoms with Crippen LogP contribution in [0.15, 0.2) is 22.7 Å². The molecule has 4 nitrogen and oxygen atoms in total. The zero-order valence-corrected chi connectivity index (χ0v) is 12.6. The molecular formula is C13H14BrF3N2O2. The van der Waals surface area contributed by atoms with Gasteiger partial charge in [0.05, 0.1) is 10.8 Å². The number of hydrogen-bond donors (Lipinski definition) is 1. The minimum atomic E-state index is -4.14. The normalized spacial score (nSPS) is 22.9. The molecule has 1 aromatic carbocycles. The van der Waals surface area contributed by atoms with Crippen molar-refractivity contribution in [2.24, 2.45) is 5.92 Å². The van der Waals surface area contributed by atoms with Gasteiger partial charge in [0.2, 0.25) is 0 Å². The Morgan fingerprint density at radius 1 is 1.24 bits per heavy atom. The predicted molar refractivity (Wildman–Crippen MR) is 76.2 cm³/mol. The molecule has 0 aromatic heterocycles. The number of nitrogens with zero attached hydrogens (tertiary/aromatic N) is 1. The lowest BCUT2D eigenvalue weighted by Crippen LogP contribution is -2.32. The van der Waals surface area contributed by atoms with E-state index in [1.54, 1.807) is 12.1 Å². The summed E-state index contributed by atoms with van der Waals surface area (Å²) < 4.78 is 38.4. The number of nitrogens with one attached hydrogen (secondary N) is 1. The van der Waals surface area contributed by atoms with E-state index in [0.717, 1.165) is 0 Å². The highest BCUT2D eigenvalue weighted by molar-refractivity contribution is 9.10. The standard InChI is InChI=1S/C13H14BrF3N2O2/c14-9-3-6-11(12(7-9)19(20)21)18-10-4-1-8(2-5-10)13(15,16)17/h3,6-8,10,18H,1-2,4-5H2. The van der Waals surface area contributed by atoms with E-state index in [0.29, 0.717) is 23.0 Å². The smallest absolute Gasteiger partial charge is 0.377 e. The van der Waals surface area contributed by atoms with Gasteiger partial charge < -0.3 is 5.32 Å². The molecule has 0 atom stereocenters. The molecule has 1 fully saturated rings. The topological polar surface area (TPSA) is 55.2 Å². The fraction of sp³-hybridized carbons (Fsp3) is 0.538. The van der Waals surface area contributed by atoms with Crippen LogP contribution in [0.3, 0.4) is 0 Å². The first kappa shape index (κ1) is 16.1. The molecule has 1 N–H and O–H groups in total. The largest absolute Gasteiger partial charge is 0.391 e. The molecule has 0 radical (unpaired) electrons. The minimum absolute atomic E-state index is 0.0610. The molecule has 0 bridgehead atoms. The fourth-order valence-corrected chi connectivity index (χ4v) is 2.91. The van der Waals surface area contributed by atoms with Gasteiger partial charge in [-0.2, -0.15) is 13.2 Å². The second-order valence-corrected chi connectivity index (χ2v) is 6.07. The van der Waals surface area contributed by atoms with Gasteiger partial charge in [0.1, 0.15) is 5.69 Å². The van der Waals surface area contributed by atoms with Gasteiger partial charge in [0.15, 0.2) is 0 Å². The lowest BCUT2D eigenvalue weighted by atomic mass is 9.85. The number of alkyl halides is 3. The van der Waals surface area contributed by atoms with E-state index in [1.807, 2.05) is 0 Å². The molecule has 0 spiro atoms. The highest BCUT2D eigenvalue weighted by Gasteiger charge is 2.41. The molecule has 0 heterocycles. The monoisotopic (exact) mass is 366 g/mol. The molecule has 116 valence electrons. The van der Waals surface area contributed by atoms with Crippen molar-refractivity contribution in [3.05, 3.63) is 32.8 Å². The van der Waals surface area contributed by atoms with Crippen LogP contribution < -0.4 is 5.32 Å². The van der Waals surface area contributed by atoms with Crippen LogP contribution in [-0.2, 0) is 0 Å². The van der Waals surface area contributed by atoms with Gasteiger partial charge in [-0.15, -0.1) is 0 Å². The van der Waals surface area contributed by atoms with E-state index in [4.69, 9.17) is 0 Å². The van der Waals surface area contributed by atoms with Crippen LogP contribution in [0.1, 0.15) is 25.7 Å². The molecule has 0 saturated heterocycles. The number of benzene rings is 1. The number of hydrogen-bond acceptors (Lipinski definition) is 3. The number of nitro groups is 1. The van der Waals surface area contributed by atoms with Crippen LogP contribution >= 0.6 is 15.9 Å². The third-order valence-electron chi connectivity index (χ3n) is 3.71. The summed E-state index contributed by atoms with van der Waals surface area (Å²) in [5.74, 6) is -1.25. The summed E-state index contributed by atoms with van der Waals surface area (Å²) in [5, 5.41) is 14.0. The third kappa shape index (κ3) is 4.09. The Kier molecular flexibility index (Phi) is 4.75. The molecule has 1 aromatic rings. The summed E-state index contributed by atoms with van der Waals surface area (Å²) in [5.41, 5.74) is 0.265. The minimum Gasteiger partial charge on any atom is -0.377 e. The number of nitro benzene ring substituents is 1. The maximum Gasteiger partial charge on any atom is 0.391 e. The van der Waals surface area contributed by atoms with Crippen LogP contribution in [0.25, 0.3) is 0 Å². The van der Waals surface area contributed by atoms with Crippen molar-refractivity contribution in [1.29, 1.82) is 0 Å². The first-order valence-corrected chi connectivity index (χ1v) is 7.34. The molecule has 0 unspecified atom stereocenters. The Morgan fingerprint density at radius 2 is 1.86 bits per heavy atom. The quantitative estimate of drug-likeness (QED) is 0.611. The van der Waals surface area contributed by atoms with Crippen molar-refractivity contribution in [2.75, 3.05) is 5.32 Å². The Labute approximate surface area is 128 Å². The molecule has 1 aliphatic rings. The zero-order chi connectivity index (χ0) is 15.6. The summed E-state index contributed by atoms with van der Waals surface area (Å²) in [4.78, 5) is 10.5. The van der Waals surface area contributed by atoms with Crippen molar-refractivity contribution in [3.8, 4) is 0 Å². The predicted octanol–water partition coefficient (Wildman–Crippen LogP) is 4.89. The summed E-state index contributed by atoms with van der Waals surface area (Å²) in [6, 6.07) is 4.45. The van der Waals surface area contributed by atoms with Gasteiger partial charge in [-0.1, -0.05) is 15.9 Å². The highest BCUT2D eigenvalue weighted by Crippen LogP contribution is 2.39. The first-order chi connectivity index (χ1) is 9.77. The van der Waals surface area contributed by atoms with Gasteiger partial charge in [0.25, 0.3) is 5.69 Å². The summed E-state index contributed by atoms with van der Waals surface area (Å²) in [6.07, 6.45) is -3.31. The van der Waals surface area contributed by atoms with E-state index in [1.165, 1.54) is 6.07 Å². The van der Waals surface area contributed by atoms with E-state index in [9.17, 15) is 23.3 Å². The first-order valence-electron chi connectivity index (χ1n) is 6.54. The van der Waals surface area contributed by atoms with E-state index in [2.05, 4.69) is 21.2 Å². The van der Waals surface area contributed by atoms with Crippen molar-refractivity contribution in [3.63, 3.8) is 0 Å². The Morgan fingerprint density at radius 3 is 2.38 bits per heavy atom. The van der Waals surface area contributed by atoms with E-state index < -0.39 is 17.0 Å². The third-order valence-corrected chi connectivity index (χ3v) is 4.20. The summed E-state index contributed by atoms with van der Waals surface area (Å²) >= 11 is 3.16. The van der Waals surface area contributed by atoms with E-state index >= 15 is 0 Å². The Bertz CT molecular complexity index is 529. The van der Waals surface area contributed by atoms with Crippen LogP contribution in [0.2, 0.25) is 0 Å². The van der Waals surface area contributed by atoms with Crippen LogP contribution in [-0.4, -0.2) is 17.1 Å². The maximum absolute atomic E-state index is 12.6. The molecular weight excluding hydrogens is 353 g/mol. The lowest BCUT2D eigenvalue weighted by Gasteiger charge is -2.30.